The molecule has 1 N–H and O–H groups in total. The third-order valence-electron chi connectivity index (χ3n) is 5.84. The van der Waals surface area contributed by atoms with Crippen molar-refractivity contribution < 1.29 is 9.59 Å². The molecule has 4 heteroatoms. The molecule has 0 spiro atoms. The van der Waals surface area contributed by atoms with Gasteiger partial charge in [0.1, 0.15) is 0 Å². The van der Waals surface area contributed by atoms with E-state index in [9.17, 15) is 9.59 Å². The summed E-state index contributed by atoms with van der Waals surface area (Å²) >= 11 is 0. The molecule has 1 saturated heterocycles. The van der Waals surface area contributed by atoms with Crippen LogP contribution in [0.25, 0.3) is 0 Å². The monoisotopic (exact) mass is 326 g/mol. The first kappa shape index (κ1) is 15.8. The second kappa shape index (κ2) is 6.67. The van der Waals surface area contributed by atoms with E-state index in [2.05, 4.69) is 17.4 Å². The number of carbonyl (C=O) groups excluding carboxylic acids is 2. The van der Waals surface area contributed by atoms with Crippen LogP contribution >= 0.6 is 0 Å². The van der Waals surface area contributed by atoms with Crippen molar-refractivity contribution in [1.82, 2.24) is 5.32 Å². The van der Waals surface area contributed by atoms with Gasteiger partial charge >= 0.3 is 0 Å². The molecule has 3 aliphatic heterocycles. The van der Waals surface area contributed by atoms with Gasteiger partial charge in [-0.15, -0.1) is 0 Å². The van der Waals surface area contributed by atoms with Crippen LogP contribution in [-0.2, 0) is 17.6 Å². The van der Waals surface area contributed by atoms with E-state index in [1.807, 2.05) is 4.90 Å². The molecule has 128 valence electrons. The summed E-state index contributed by atoms with van der Waals surface area (Å²) in [6.07, 6.45) is 7.42. The number of aryl methyl sites for hydroxylation is 2. The summed E-state index contributed by atoms with van der Waals surface area (Å²) < 4.78 is 0. The third kappa shape index (κ3) is 3.00. The lowest BCUT2D eigenvalue weighted by atomic mass is 9.87. The number of nitrogens with one attached hydrogen (secondary N) is 1. The molecule has 4 rings (SSSR count). The van der Waals surface area contributed by atoms with E-state index >= 15 is 0 Å². The molecule has 24 heavy (non-hydrogen) atoms. The number of nitrogens with zero attached hydrogens (tertiary/aromatic N) is 1. The Bertz CT molecular complexity index is 645. The van der Waals surface area contributed by atoms with Crippen molar-refractivity contribution in [1.29, 1.82) is 0 Å². The summed E-state index contributed by atoms with van der Waals surface area (Å²) in [5, 5.41) is 3.38. The number of Topliss-reactive ketones (excluding diaryl/α,β-unsaturated/α-hetero) is 1. The molecule has 0 aromatic heterocycles. The van der Waals surface area contributed by atoms with Crippen LogP contribution in [0.4, 0.5) is 5.69 Å². The lowest BCUT2D eigenvalue weighted by Gasteiger charge is -2.35. The fourth-order valence-corrected chi connectivity index (χ4v) is 4.46. The van der Waals surface area contributed by atoms with Crippen molar-refractivity contribution in [3.05, 3.63) is 28.8 Å². The van der Waals surface area contributed by atoms with Crippen molar-refractivity contribution >= 4 is 17.4 Å². The van der Waals surface area contributed by atoms with Crippen molar-refractivity contribution in [3.8, 4) is 0 Å². The highest BCUT2D eigenvalue weighted by Crippen LogP contribution is 2.37. The fraction of sp³-hybridized carbons (Fsp3) is 0.600. The van der Waals surface area contributed by atoms with Crippen LogP contribution in [0.1, 0.15) is 60.0 Å². The van der Waals surface area contributed by atoms with Gasteiger partial charge in [0.25, 0.3) is 0 Å². The second-order valence-corrected chi connectivity index (χ2v) is 7.45. The Morgan fingerprint density at radius 1 is 1.12 bits per heavy atom. The van der Waals surface area contributed by atoms with Crippen LogP contribution in [0.3, 0.4) is 0 Å². The van der Waals surface area contributed by atoms with Gasteiger partial charge in [-0.25, -0.2) is 0 Å². The predicted octanol–water partition coefficient (Wildman–Crippen LogP) is 2.87. The Labute approximate surface area is 143 Å². The van der Waals surface area contributed by atoms with Gasteiger partial charge in [0, 0.05) is 24.9 Å². The van der Waals surface area contributed by atoms with E-state index in [-0.39, 0.29) is 11.7 Å². The highest BCUT2D eigenvalue weighted by molar-refractivity contribution is 6.01. The van der Waals surface area contributed by atoms with Gasteiger partial charge in [-0.2, -0.15) is 0 Å². The van der Waals surface area contributed by atoms with Gasteiger partial charge in [0.05, 0.1) is 5.69 Å². The number of carbonyl (C=O) groups is 2. The van der Waals surface area contributed by atoms with Crippen molar-refractivity contribution in [2.45, 2.75) is 51.4 Å². The number of hydrogen-bond donors (Lipinski definition) is 1. The molecule has 0 aliphatic carbocycles. The number of ketones is 1. The van der Waals surface area contributed by atoms with Crippen LogP contribution < -0.4 is 10.2 Å². The topological polar surface area (TPSA) is 49.4 Å². The first-order valence-corrected chi connectivity index (χ1v) is 9.42. The zero-order valence-corrected chi connectivity index (χ0v) is 14.3. The SMILES string of the molecule is O=C(CCC1CCNCC1)c1cc2c3c(c1)CCC(=O)N3CCC2. The van der Waals surface area contributed by atoms with Gasteiger partial charge in [-0.3, -0.25) is 9.59 Å². The molecule has 3 aliphatic rings. The minimum absolute atomic E-state index is 0.244. The minimum atomic E-state index is 0.244. The van der Waals surface area contributed by atoms with Gasteiger partial charge in [-0.05, 0) is 80.8 Å². The Morgan fingerprint density at radius 2 is 1.88 bits per heavy atom. The maximum atomic E-state index is 12.7. The summed E-state index contributed by atoms with van der Waals surface area (Å²) in [6.45, 7) is 3.01. The number of rotatable bonds is 4. The molecule has 4 nitrogen and oxygen atoms in total. The standard InChI is InChI=1S/C20H26N2O2/c23-18(5-3-14-7-9-21-10-8-14)17-12-15-2-1-11-22-19(24)6-4-16(13-17)20(15)22/h12-14,21H,1-11H2. The van der Waals surface area contributed by atoms with E-state index in [4.69, 9.17) is 0 Å². The number of amides is 1. The van der Waals surface area contributed by atoms with Crippen molar-refractivity contribution in [2.24, 2.45) is 5.92 Å². The van der Waals surface area contributed by atoms with Gasteiger partial charge in [0.15, 0.2) is 5.78 Å². The lowest BCUT2D eigenvalue weighted by molar-refractivity contribution is -0.119. The molecule has 1 aromatic rings. The maximum absolute atomic E-state index is 12.7. The average molecular weight is 326 g/mol. The quantitative estimate of drug-likeness (QED) is 0.866. The summed E-state index contributed by atoms with van der Waals surface area (Å²) in [6, 6.07) is 4.13. The molecule has 0 radical (unpaired) electrons. The van der Waals surface area contributed by atoms with Gasteiger partial charge in [0.2, 0.25) is 5.91 Å². The molecule has 0 atom stereocenters. The first-order chi connectivity index (χ1) is 11.7. The predicted molar refractivity (Wildman–Crippen MR) is 94.6 cm³/mol. The molecule has 0 unspecified atom stereocenters. The first-order valence-electron chi connectivity index (χ1n) is 9.42. The summed E-state index contributed by atoms with van der Waals surface area (Å²) in [4.78, 5) is 26.8. The van der Waals surface area contributed by atoms with Crippen LogP contribution in [0.15, 0.2) is 12.1 Å². The van der Waals surface area contributed by atoms with Gasteiger partial charge in [-0.1, -0.05) is 0 Å². The van der Waals surface area contributed by atoms with Crippen LogP contribution in [0, 0.1) is 5.92 Å². The normalized spacial score (nSPS) is 20.8. The van der Waals surface area contributed by atoms with E-state index in [0.717, 1.165) is 56.6 Å². The summed E-state index contributed by atoms with van der Waals surface area (Å²) in [5.41, 5.74) is 4.40. The fourth-order valence-electron chi connectivity index (χ4n) is 4.46. The summed E-state index contributed by atoms with van der Waals surface area (Å²) in [5.74, 6) is 1.22. The zero-order chi connectivity index (χ0) is 16.5. The molecular weight excluding hydrogens is 300 g/mol. The van der Waals surface area contributed by atoms with Gasteiger partial charge < -0.3 is 10.2 Å². The molecule has 1 aromatic carbocycles. The third-order valence-corrected chi connectivity index (χ3v) is 5.84. The van der Waals surface area contributed by atoms with Crippen LogP contribution in [-0.4, -0.2) is 31.3 Å². The van der Waals surface area contributed by atoms with E-state index < -0.39 is 0 Å². The van der Waals surface area contributed by atoms with E-state index in [0.29, 0.717) is 18.8 Å². The largest absolute Gasteiger partial charge is 0.317 e. The highest BCUT2D eigenvalue weighted by Gasteiger charge is 2.30. The Hall–Kier alpha value is -1.68. The average Bonchev–Trinajstić information content (AvgIpc) is 2.63. The minimum Gasteiger partial charge on any atom is -0.317 e. The van der Waals surface area contributed by atoms with Crippen LogP contribution in [0.5, 0.6) is 0 Å². The molecule has 0 saturated carbocycles. The van der Waals surface area contributed by atoms with Crippen LogP contribution in [0.2, 0.25) is 0 Å². The lowest BCUT2D eigenvalue weighted by Crippen LogP contribution is -2.39. The Morgan fingerprint density at radius 3 is 2.67 bits per heavy atom. The molecular formula is C20H26N2O2. The molecule has 1 fully saturated rings. The number of anilines is 1. The number of piperidine rings is 1. The maximum Gasteiger partial charge on any atom is 0.227 e. The zero-order valence-electron chi connectivity index (χ0n) is 14.3. The molecule has 1 amide bonds. The summed E-state index contributed by atoms with van der Waals surface area (Å²) in [7, 11) is 0. The number of hydrogen-bond acceptors (Lipinski definition) is 3. The van der Waals surface area contributed by atoms with E-state index in [1.54, 1.807) is 0 Å². The Kier molecular flexibility index (Phi) is 4.40. The van der Waals surface area contributed by atoms with Crippen molar-refractivity contribution in [3.63, 3.8) is 0 Å². The van der Waals surface area contributed by atoms with Crippen molar-refractivity contribution in [2.75, 3.05) is 24.5 Å². The number of benzene rings is 1. The smallest absolute Gasteiger partial charge is 0.227 e. The molecule has 0 bridgehead atoms. The van der Waals surface area contributed by atoms with E-state index in [1.165, 1.54) is 24.0 Å². The Balaban J connectivity index is 1.51. The molecule has 3 heterocycles. The highest BCUT2D eigenvalue weighted by atomic mass is 16.2. The second-order valence-electron chi connectivity index (χ2n) is 7.45.